The van der Waals surface area contributed by atoms with Crippen molar-refractivity contribution in [2.45, 2.75) is 65.7 Å². The van der Waals surface area contributed by atoms with Gasteiger partial charge < -0.3 is 0 Å². The zero-order valence-electron chi connectivity index (χ0n) is 9.73. The first kappa shape index (κ1) is 12.7. The van der Waals surface area contributed by atoms with E-state index in [1.807, 2.05) is 0 Å². The normalized spacial score (nSPS) is 12.8. The number of unbranched alkanes of at least 4 members (excludes halogenated alkanes) is 3. The van der Waals surface area contributed by atoms with E-state index in [9.17, 15) is 0 Å². The van der Waals surface area contributed by atoms with Gasteiger partial charge in [-0.3, -0.25) is 0 Å². The van der Waals surface area contributed by atoms with Gasteiger partial charge in [0.15, 0.2) is 0 Å². The van der Waals surface area contributed by atoms with E-state index in [0.29, 0.717) is 0 Å². The van der Waals surface area contributed by atoms with Crippen molar-refractivity contribution in [3.8, 4) is 0 Å². The van der Waals surface area contributed by atoms with Gasteiger partial charge in [-0.05, 0) is 19.3 Å². The summed E-state index contributed by atoms with van der Waals surface area (Å²) in [5.41, 5.74) is 1.35. The summed E-state index contributed by atoms with van der Waals surface area (Å²) in [5.74, 6) is 0.898. The molecule has 0 heteroatoms. The maximum absolute atomic E-state index is 3.99. The minimum atomic E-state index is 0.898. The van der Waals surface area contributed by atoms with Crippen molar-refractivity contribution in [2.24, 2.45) is 5.92 Å². The highest BCUT2D eigenvalue weighted by molar-refractivity contribution is 4.89. The molecule has 0 aliphatic heterocycles. The largest absolute Gasteiger partial charge is 0.100 e. The molecule has 0 fully saturated rings. The highest BCUT2D eigenvalue weighted by Gasteiger charge is 2.05. The average Bonchev–Trinajstić information content (AvgIpc) is 2.09. The van der Waals surface area contributed by atoms with Gasteiger partial charge in [0.05, 0.1) is 0 Å². The van der Waals surface area contributed by atoms with Crippen LogP contribution in [0.1, 0.15) is 65.7 Å². The van der Waals surface area contributed by atoms with Gasteiger partial charge in [-0.15, -0.1) is 6.58 Å². The third kappa shape index (κ3) is 8.08. The first-order chi connectivity index (χ1) is 6.20. The van der Waals surface area contributed by atoms with Crippen molar-refractivity contribution in [3.05, 3.63) is 12.2 Å². The molecule has 0 aromatic carbocycles. The second-order valence-electron chi connectivity index (χ2n) is 4.28. The fourth-order valence-corrected chi connectivity index (χ4v) is 1.80. The van der Waals surface area contributed by atoms with Crippen LogP contribution in [0, 0.1) is 5.92 Å². The van der Waals surface area contributed by atoms with Crippen LogP contribution in [0.2, 0.25) is 0 Å². The molecule has 0 saturated heterocycles. The van der Waals surface area contributed by atoms with Crippen LogP contribution in [-0.4, -0.2) is 0 Å². The Hall–Kier alpha value is -0.260. The summed E-state index contributed by atoms with van der Waals surface area (Å²) < 4.78 is 0. The van der Waals surface area contributed by atoms with Crippen molar-refractivity contribution in [1.29, 1.82) is 0 Å². The molecule has 0 aromatic rings. The van der Waals surface area contributed by atoms with Crippen molar-refractivity contribution in [1.82, 2.24) is 0 Å². The fourth-order valence-electron chi connectivity index (χ4n) is 1.80. The molecule has 0 radical (unpaired) electrons. The summed E-state index contributed by atoms with van der Waals surface area (Å²) >= 11 is 0. The summed E-state index contributed by atoms with van der Waals surface area (Å²) in [5, 5.41) is 0. The Morgan fingerprint density at radius 2 is 1.85 bits per heavy atom. The molecule has 0 nitrogen and oxygen atoms in total. The molecule has 78 valence electrons. The third-order valence-corrected chi connectivity index (χ3v) is 2.68. The second kappa shape index (κ2) is 8.34. The van der Waals surface area contributed by atoms with Crippen LogP contribution in [0.4, 0.5) is 0 Å². The molecule has 1 unspecified atom stereocenters. The van der Waals surface area contributed by atoms with Crippen LogP contribution in [0.3, 0.4) is 0 Å². The Bertz CT molecular complexity index is 124. The van der Waals surface area contributed by atoms with Crippen LogP contribution in [0.5, 0.6) is 0 Å². The van der Waals surface area contributed by atoms with Crippen molar-refractivity contribution in [3.63, 3.8) is 0 Å². The molecule has 0 aliphatic carbocycles. The van der Waals surface area contributed by atoms with Gasteiger partial charge in [0, 0.05) is 0 Å². The maximum Gasteiger partial charge on any atom is -0.0297 e. The van der Waals surface area contributed by atoms with Crippen LogP contribution < -0.4 is 0 Å². The van der Waals surface area contributed by atoms with Crippen molar-refractivity contribution < 1.29 is 0 Å². The average molecular weight is 182 g/mol. The van der Waals surface area contributed by atoms with Crippen LogP contribution >= 0.6 is 0 Å². The summed E-state index contributed by atoms with van der Waals surface area (Å²) in [4.78, 5) is 0. The van der Waals surface area contributed by atoms with Crippen molar-refractivity contribution >= 4 is 0 Å². The molecule has 0 saturated carbocycles. The van der Waals surface area contributed by atoms with E-state index in [4.69, 9.17) is 0 Å². The second-order valence-corrected chi connectivity index (χ2v) is 4.28. The standard InChI is InChI=1S/C13H26/c1-5-7-8-9-10-13(6-2)11-12(3)4/h13H,3,5-11H2,1-2,4H3. The van der Waals surface area contributed by atoms with Gasteiger partial charge in [0.25, 0.3) is 0 Å². The number of hydrogen-bond donors (Lipinski definition) is 0. The zero-order valence-corrected chi connectivity index (χ0v) is 9.73. The molecular formula is C13H26. The molecular weight excluding hydrogens is 156 g/mol. The molecule has 0 N–H and O–H groups in total. The first-order valence-electron chi connectivity index (χ1n) is 5.85. The SMILES string of the molecule is C=C(C)CC(CC)CCCCCC. The Kier molecular flexibility index (Phi) is 8.18. The first-order valence-corrected chi connectivity index (χ1v) is 5.85. The zero-order chi connectivity index (χ0) is 10.1. The Labute approximate surface area is 84.4 Å². The molecule has 0 rings (SSSR count). The molecule has 0 aromatic heterocycles. The van der Waals surface area contributed by atoms with Crippen LogP contribution in [0.25, 0.3) is 0 Å². The molecule has 0 aliphatic rings. The van der Waals surface area contributed by atoms with Crippen LogP contribution in [-0.2, 0) is 0 Å². The van der Waals surface area contributed by atoms with Gasteiger partial charge in [-0.25, -0.2) is 0 Å². The molecule has 0 heterocycles. The molecule has 0 amide bonds. The molecule has 0 bridgehead atoms. The molecule has 0 spiro atoms. The predicted molar refractivity (Wildman–Crippen MR) is 62.0 cm³/mol. The topological polar surface area (TPSA) is 0 Å². The monoisotopic (exact) mass is 182 g/mol. The van der Waals surface area contributed by atoms with Gasteiger partial charge in [0.1, 0.15) is 0 Å². The van der Waals surface area contributed by atoms with Crippen LogP contribution in [0.15, 0.2) is 12.2 Å². The lowest BCUT2D eigenvalue weighted by Gasteiger charge is -2.14. The van der Waals surface area contributed by atoms with Gasteiger partial charge in [0.2, 0.25) is 0 Å². The number of rotatable bonds is 8. The summed E-state index contributed by atoms with van der Waals surface area (Å²) in [6.07, 6.45) is 9.55. The predicted octanol–water partition coefficient (Wildman–Crippen LogP) is 4.95. The van der Waals surface area contributed by atoms with Gasteiger partial charge >= 0.3 is 0 Å². The van der Waals surface area contributed by atoms with E-state index < -0.39 is 0 Å². The highest BCUT2D eigenvalue weighted by Crippen LogP contribution is 2.20. The van der Waals surface area contributed by atoms with Gasteiger partial charge in [-0.1, -0.05) is 57.9 Å². The lowest BCUT2D eigenvalue weighted by molar-refractivity contribution is 0.438. The molecule has 13 heavy (non-hydrogen) atoms. The lowest BCUT2D eigenvalue weighted by Crippen LogP contribution is -1.99. The Morgan fingerprint density at radius 1 is 1.15 bits per heavy atom. The smallest absolute Gasteiger partial charge is 0.0297 e. The maximum atomic E-state index is 3.99. The van der Waals surface area contributed by atoms with E-state index in [0.717, 1.165) is 5.92 Å². The summed E-state index contributed by atoms with van der Waals surface area (Å²) in [7, 11) is 0. The minimum absolute atomic E-state index is 0.898. The minimum Gasteiger partial charge on any atom is -0.100 e. The van der Waals surface area contributed by atoms with E-state index in [2.05, 4.69) is 27.4 Å². The third-order valence-electron chi connectivity index (χ3n) is 2.68. The van der Waals surface area contributed by atoms with E-state index in [-0.39, 0.29) is 0 Å². The van der Waals surface area contributed by atoms with Crippen molar-refractivity contribution in [2.75, 3.05) is 0 Å². The van der Waals surface area contributed by atoms with Gasteiger partial charge in [-0.2, -0.15) is 0 Å². The summed E-state index contributed by atoms with van der Waals surface area (Å²) in [6, 6.07) is 0. The number of allylic oxidation sites excluding steroid dienone is 1. The Balaban J connectivity index is 3.42. The Morgan fingerprint density at radius 3 is 2.31 bits per heavy atom. The quantitative estimate of drug-likeness (QED) is 0.368. The number of hydrogen-bond acceptors (Lipinski definition) is 0. The highest BCUT2D eigenvalue weighted by atomic mass is 14.1. The lowest BCUT2D eigenvalue weighted by atomic mass is 9.92. The van der Waals surface area contributed by atoms with E-state index in [1.54, 1.807) is 0 Å². The summed E-state index contributed by atoms with van der Waals surface area (Å²) in [6.45, 7) is 10.7. The van der Waals surface area contributed by atoms with E-state index >= 15 is 0 Å². The fraction of sp³-hybridized carbons (Fsp3) is 0.846. The van der Waals surface area contributed by atoms with E-state index in [1.165, 1.54) is 50.5 Å². The molecule has 1 atom stereocenters.